The Morgan fingerprint density at radius 2 is 2.00 bits per heavy atom. The van der Waals surface area contributed by atoms with Crippen molar-refractivity contribution in [3.63, 3.8) is 0 Å². The van der Waals surface area contributed by atoms with Crippen molar-refractivity contribution in [2.45, 2.75) is 0 Å². The van der Waals surface area contributed by atoms with Crippen LogP contribution in [0, 0.1) is 5.82 Å². The Labute approximate surface area is 194 Å². The third-order valence-electron chi connectivity index (χ3n) is 5.30. The second-order valence-electron chi connectivity index (χ2n) is 7.49. The number of rotatable bonds is 7. The summed E-state index contributed by atoms with van der Waals surface area (Å²) in [4.78, 5) is 24.2. The third kappa shape index (κ3) is 4.03. The highest BCUT2D eigenvalue weighted by molar-refractivity contribution is 5.98. The van der Waals surface area contributed by atoms with Gasteiger partial charge in [0.15, 0.2) is 17.2 Å². The molecule has 0 fully saturated rings. The SMILES string of the molecule is COc1cc(OC)c(F)c(N(CC2=NCC=N2)c2ccc3ncc(-c4cnn(C)c4)nc3n2)c1. The molecule has 0 spiro atoms. The number of nitrogens with zero attached hydrogens (tertiary/aromatic N) is 8. The summed E-state index contributed by atoms with van der Waals surface area (Å²) in [7, 11) is 4.74. The molecule has 0 unspecified atom stereocenters. The molecule has 172 valence electrons. The Bertz CT molecular complexity index is 1430. The van der Waals surface area contributed by atoms with Crippen molar-refractivity contribution in [3.8, 4) is 22.8 Å². The second-order valence-corrected chi connectivity index (χ2v) is 7.49. The first kappa shape index (κ1) is 21.4. The zero-order valence-electron chi connectivity index (χ0n) is 18.8. The summed E-state index contributed by atoms with van der Waals surface area (Å²) in [6.07, 6.45) is 6.93. The predicted octanol–water partition coefficient (Wildman–Crippen LogP) is 3.20. The van der Waals surface area contributed by atoms with Crippen LogP contribution >= 0.6 is 0 Å². The van der Waals surface area contributed by atoms with Crippen molar-refractivity contribution in [1.82, 2.24) is 24.7 Å². The van der Waals surface area contributed by atoms with Gasteiger partial charge in [-0.1, -0.05) is 0 Å². The number of pyridine rings is 1. The summed E-state index contributed by atoms with van der Waals surface area (Å²) < 4.78 is 27.7. The average molecular weight is 460 g/mol. The highest BCUT2D eigenvalue weighted by Crippen LogP contribution is 2.36. The number of aromatic nitrogens is 5. The monoisotopic (exact) mass is 460 g/mol. The van der Waals surface area contributed by atoms with Crippen molar-refractivity contribution in [2.75, 3.05) is 32.2 Å². The minimum Gasteiger partial charge on any atom is -0.497 e. The van der Waals surface area contributed by atoms with Gasteiger partial charge in [-0.05, 0) is 12.1 Å². The largest absolute Gasteiger partial charge is 0.497 e. The van der Waals surface area contributed by atoms with Gasteiger partial charge >= 0.3 is 0 Å². The van der Waals surface area contributed by atoms with E-state index in [1.807, 2.05) is 13.2 Å². The van der Waals surface area contributed by atoms with Crippen LogP contribution in [0.25, 0.3) is 22.4 Å². The lowest BCUT2D eigenvalue weighted by Gasteiger charge is -2.25. The Kier molecular flexibility index (Phi) is 5.58. The Hall–Kier alpha value is -4.41. The number of anilines is 2. The molecule has 4 heterocycles. The molecule has 1 aromatic carbocycles. The van der Waals surface area contributed by atoms with Crippen molar-refractivity contribution in [2.24, 2.45) is 17.0 Å². The smallest absolute Gasteiger partial charge is 0.188 e. The number of benzene rings is 1. The topological polar surface area (TPSA) is 103 Å². The third-order valence-corrected chi connectivity index (χ3v) is 5.30. The molecule has 0 bridgehead atoms. The fourth-order valence-corrected chi connectivity index (χ4v) is 3.61. The van der Waals surface area contributed by atoms with E-state index >= 15 is 4.39 Å². The van der Waals surface area contributed by atoms with Gasteiger partial charge in [0.2, 0.25) is 0 Å². The summed E-state index contributed by atoms with van der Waals surface area (Å²) in [6.45, 7) is 0.677. The normalized spacial score (nSPS) is 12.8. The fourth-order valence-electron chi connectivity index (χ4n) is 3.61. The maximum Gasteiger partial charge on any atom is 0.188 e. The quantitative estimate of drug-likeness (QED) is 0.417. The number of amidine groups is 1. The molecule has 0 aliphatic carbocycles. The molecule has 4 aromatic rings. The number of hydrogen-bond acceptors (Lipinski definition) is 9. The van der Waals surface area contributed by atoms with Crippen LogP contribution in [0.3, 0.4) is 0 Å². The van der Waals surface area contributed by atoms with Crippen LogP contribution in [-0.4, -0.2) is 64.1 Å². The predicted molar refractivity (Wildman–Crippen MR) is 127 cm³/mol. The number of halogens is 1. The number of fused-ring (bicyclic) bond motifs is 1. The summed E-state index contributed by atoms with van der Waals surface area (Å²) in [5.41, 5.74) is 2.69. The molecule has 1 aliphatic rings. The van der Waals surface area contributed by atoms with Crippen LogP contribution in [0.2, 0.25) is 0 Å². The molecule has 10 nitrogen and oxygen atoms in total. The van der Waals surface area contributed by atoms with Crippen LogP contribution in [0.4, 0.5) is 15.9 Å². The van der Waals surface area contributed by atoms with E-state index in [1.54, 1.807) is 46.4 Å². The number of ether oxygens (including phenoxy) is 2. The zero-order chi connectivity index (χ0) is 23.7. The molecule has 0 N–H and O–H groups in total. The van der Waals surface area contributed by atoms with E-state index in [-0.39, 0.29) is 18.0 Å². The summed E-state index contributed by atoms with van der Waals surface area (Å²) in [6, 6.07) is 6.62. The molecule has 5 rings (SSSR count). The number of aliphatic imine (C=N–C) groups is 2. The van der Waals surface area contributed by atoms with Crippen molar-refractivity contribution >= 4 is 34.7 Å². The van der Waals surface area contributed by atoms with E-state index in [1.165, 1.54) is 20.3 Å². The van der Waals surface area contributed by atoms with Crippen LogP contribution in [0.1, 0.15) is 0 Å². The fraction of sp³-hybridized carbons (Fsp3) is 0.217. The number of hydrogen-bond donors (Lipinski definition) is 0. The first-order valence-electron chi connectivity index (χ1n) is 10.4. The second kappa shape index (κ2) is 8.85. The van der Waals surface area contributed by atoms with Crippen molar-refractivity contribution in [3.05, 3.63) is 48.7 Å². The lowest BCUT2D eigenvalue weighted by molar-refractivity contribution is 0.374. The van der Waals surface area contributed by atoms with E-state index in [0.29, 0.717) is 40.8 Å². The molecule has 0 amide bonds. The molecule has 0 atom stereocenters. The van der Waals surface area contributed by atoms with Crippen molar-refractivity contribution < 1.29 is 13.9 Å². The lowest BCUT2D eigenvalue weighted by atomic mass is 10.2. The average Bonchev–Trinajstić information content (AvgIpc) is 3.54. The van der Waals surface area contributed by atoms with Crippen LogP contribution in [0.15, 0.2) is 52.8 Å². The lowest BCUT2D eigenvalue weighted by Crippen LogP contribution is -2.26. The van der Waals surface area contributed by atoms with Gasteiger partial charge < -0.3 is 14.4 Å². The van der Waals surface area contributed by atoms with Gasteiger partial charge in [0.05, 0.1) is 51.1 Å². The molecule has 34 heavy (non-hydrogen) atoms. The molecular formula is C23H21FN8O2. The number of aryl methyl sites for hydroxylation is 1. The van der Waals surface area contributed by atoms with Crippen molar-refractivity contribution in [1.29, 1.82) is 0 Å². The van der Waals surface area contributed by atoms with Crippen LogP contribution in [0.5, 0.6) is 11.5 Å². The molecule has 0 saturated heterocycles. The van der Waals surface area contributed by atoms with Gasteiger partial charge in [-0.3, -0.25) is 14.7 Å². The minimum absolute atomic E-state index is 0.0515. The molecule has 1 aliphatic heterocycles. The summed E-state index contributed by atoms with van der Waals surface area (Å²) in [5, 5.41) is 4.19. The van der Waals surface area contributed by atoms with Crippen LogP contribution in [-0.2, 0) is 7.05 Å². The Morgan fingerprint density at radius 3 is 2.71 bits per heavy atom. The van der Waals surface area contributed by atoms with E-state index in [0.717, 1.165) is 5.56 Å². The summed E-state index contributed by atoms with van der Waals surface area (Å²) >= 11 is 0. The minimum atomic E-state index is -0.553. The first-order chi connectivity index (χ1) is 16.6. The highest BCUT2D eigenvalue weighted by Gasteiger charge is 2.23. The van der Waals surface area contributed by atoms with Gasteiger partial charge in [-0.25, -0.2) is 19.4 Å². The van der Waals surface area contributed by atoms with Gasteiger partial charge in [-0.15, -0.1) is 0 Å². The van der Waals surface area contributed by atoms with Gasteiger partial charge in [0, 0.05) is 37.2 Å². The highest BCUT2D eigenvalue weighted by atomic mass is 19.1. The van der Waals surface area contributed by atoms with Crippen LogP contribution < -0.4 is 14.4 Å². The van der Waals surface area contributed by atoms with E-state index < -0.39 is 5.82 Å². The van der Waals surface area contributed by atoms with Gasteiger partial charge in [0.25, 0.3) is 0 Å². The maximum absolute atomic E-state index is 15.4. The Morgan fingerprint density at radius 1 is 1.12 bits per heavy atom. The summed E-state index contributed by atoms with van der Waals surface area (Å²) in [5.74, 6) is 0.940. The first-order valence-corrected chi connectivity index (χ1v) is 10.4. The van der Waals surface area contributed by atoms with E-state index in [9.17, 15) is 0 Å². The standard InChI is InChI=1S/C23H21FN8O2/c1-31-12-14(10-28-31)17-11-27-16-4-5-21(30-23(16)29-17)32(13-20-25-6-7-26-20)18-8-15(33-2)9-19(34-3)22(18)24/h4-6,8-12H,7,13H2,1-3H3. The molecule has 11 heteroatoms. The molecular weight excluding hydrogens is 439 g/mol. The van der Waals surface area contributed by atoms with Gasteiger partial charge in [0.1, 0.15) is 22.9 Å². The number of methoxy groups -OCH3 is 2. The molecule has 3 aromatic heterocycles. The maximum atomic E-state index is 15.4. The van der Waals surface area contributed by atoms with Gasteiger partial charge in [-0.2, -0.15) is 5.10 Å². The zero-order valence-corrected chi connectivity index (χ0v) is 18.8. The Balaban J connectivity index is 1.64. The van der Waals surface area contributed by atoms with E-state index in [2.05, 4.69) is 25.1 Å². The van der Waals surface area contributed by atoms with E-state index in [4.69, 9.17) is 14.5 Å². The molecule has 0 radical (unpaired) electrons. The molecule has 0 saturated carbocycles.